The van der Waals surface area contributed by atoms with Crippen LogP contribution in [0.3, 0.4) is 0 Å². The van der Waals surface area contributed by atoms with Crippen LogP contribution in [0.25, 0.3) is 17.2 Å². The van der Waals surface area contributed by atoms with Crippen molar-refractivity contribution in [2.24, 2.45) is 23.7 Å². The van der Waals surface area contributed by atoms with E-state index < -0.39 is 10.0 Å². The lowest BCUT2D eigenvalue weighted by atomic mass is 9.67. The quantitative estimate of drug-likeness (QED) is 0.838. The van der Waals surface area contributed by atoms with Crippen molar-refractivity contribution in [3.8, 4) is 17.2 Å². The second-order valence-corrected chi connectivity index (χ2v) is 10.1. The second kappa shape index (κ2) is 7.74. The monoisotopic (exact) mass is 407 g/mol. The first-order chi connectivity index (χ1) is 13.9. The number of hydrogen-bond acceptors (Lipinski definition) is 4. The number of aromatic nitrogens is 1. The summed E-state index contributed by atoms with van der Waals surface area (Å²) in [6.07, 6.45) is 6.84. The number of nitrogens with zero attached hydrogens (tertiary/aromatic N) is 2. The average Bonchev–Trinajstić information content (AvgIpc) is 3.02. The Morgan fingerprint density at radius 3 is 2.72 bits per heavy atom. The zero-order chi connectivity index (χ0) is 20.6. The first kappa shape index (κ1) is 19.8. The summed E-state index contributed by atoms with van der Waals surface area (Å²) >= 11 is 0. The number of fused-ring (bicyclic) bond motifs is 1. The highest BCUT2D eigenvalue weighted by atomic mass is 32.2. The van der Waals surface area contributed by atoms with E-state index in [9.17, 15) is 13.7 Å². The van der Waals surface area contributed by atoms with Crippen LogP contribution in [0.5, 0.6) is 0 Å². The predicted octanol–water partition coefficient (Wildman–Crippen LogP) is 3.84. The molecule has 2 heterocycles. The molecule has 0 radical (unpaired) electrons. The molecule has 0 amide bonds. The molecule has 6 heteroatoms. The Labute approximate surface area is 172 Å². The van der Waals surface area contributed by atoms with Gasteiger partial charge in [0, 0.05) is 23.4 Å². The van der Waals surface area contributed by atoms with E-state index in [0.717, 1.165) is 23.2 Å². The fourth-order valence-corrected chi connectivity index (χ4v) is 6.51. The maximum Gasteiger partial charge on any atom is 0.212 e. The van der Waals surface area contributed by atoms with Gasteiger partial charge in [0.25, 0.3) is 0 Å². The topological polar surface area (TPSA) is 82.8 Å². The minimum atomic E-state index is -3.16. The van der Waals surface area contributed by atoms with Crippen molar-refractivity contribution in [3.05, 3.63) is 59.9 Å². The lowest BCUT2D eigenvalue weighted by Gasteiger charge is -2.40. The number of sulfonamides is 1. The summed E-state index contributed by atoms with van der Waals surface area (Å²) in [5.74, 6) is 1.46. The van der Waals surface area contributed by atoms with Crippen LogP contribution in [-0.2, 0) is 10.0 Å². The Bertz CT molecular complexity index is 1070. The maximum absolute atomic E-state index is 12.1. The van der Waals surface area contributed by atoms with Crippen LogP contribution in [0.1, 0.15) is 31.5 Å². The molecule has 1 aliphatic heterocycles. The van der Waals surface area contributed by atoms with Crippen molar-refractivity contribution in [3.63, 3.8) is 0 Å². The van der Waals surface area contributed by atoms with Gasteiger partial charge in [0.1, 0.15) is 0 Å². The van der Waals surface area contributed by atoms with Crippen LogP contribution in [-0.4, -0.2) is 25.2 Å². The summed E-state index contributed by atoms with van der Waals surface area (Å²) in [5, 5.41) is 9.29. The van der Waals surface area contributed by atoms with Gasteiger partial charge >= 0.3 is 0 Å². The van der Waals surface area contributed by atoms with Crippen LogP contribution in [0.4, 0.5) is 0 Å². The Kier molecular flexibility index (Phi) is 5.28. The molecule has 5 atom stereocenters. The third kappa shape index (κ3) is 3.98. The number of nitriles is 1. The molecule has 2 aliphatic rings. The largest absolute Gasteiger partial charge is 0.256 e. The SMILES string of the molecule is C[C@H]1[C@H](/C=C/c2ccc(-c3ccccc3C#N)cn2)[C@H]2NS(=O)(=O)C[C@H]2C[C@@H]1C. The minimum Gasteiger partial charge on any atom is -0.256 e. The summed E-state index contributed by atoms with van der Waals surface area (Å²) in [5.41, 5.74) is 3.23. The zero-order valence-electron chi connectivity index (χ0n) is 16.6. The molecule has 1 N–H and O–H groups in total. The van der Waals surface area contributed by atoms with E-state index in [1.54, 1.807) is 12.3 Å². The Hall–Kier alpha value is -2.49. The van der Waals surface area contributed by atoms with Crippen molar-refractivity contribution in [2.75, 3.05) is 5.75 Å². The van der Waals surface area contributed by atoms with Crippen LogP contribution < -0.4 is 4.72 Å². The van der Waals surface area contributed by atoms with Crippen molar-refractivity contribution in [1.82, 2.24) is 9.71 Å². The van der Waals surface area contributed by atoms with Gasteiger partial charge in [-0.1, -0.05) is 44.2 Å². The minimum absolute atomic E-state index is 0.0239. The standard InChI is InChI=1S/C23H25N3O2S/c1-15-11-19-14-29(27,28)26-23(19)21(16(15)2)10-9-20-8-7-18(13-25-20)22-6-4-3-5-17(22)12-24/h3-10,13,15-16,19,21,23,26H,11,14H2,1-2H3/b10-9+/t15-,16+,19+,21-,23-/m0/s1. The molecule has 2 aromatic rings. The smallest absolute Gasteiger partial charge is 0.212 e. The first-order valence-corrected chi connectivity index (χ1v) is 11.7. The molecule has 1 saturated heterocycles. The van der Waals surface area contributed by atoms with Gasteiger partial charge in [0.05, 0.1) is 23.1 Å². The van der Waals surface area contributed by atoms with E-state index >= 15 is 0 Å². The molecule has 0 bridgehead atoms. The van der Waals surface area contributed by atoms with E-state index in [1.807, 2.05) is 36.4 Å². The number of hydrogen-bond donors (Lipinski definition) is 1. The molecule has 1 aromatic carbocycles. The molecule has 29 heavy (non-hydrogen) atoms. The molecule has 1 saturated carbocycles. The third-order valence-electron chi connectivity index (χ3n) is 6.48. The van der Waals surface area contributed by atoms with Gasteiger partial charge in [-0.15, -0.1) is 0 Å². The summed E-state index contributed by atoms with van der Waals surface area (Å²) in [7, 11) is -3.16. The van der Waals surface area contributed by atoms with Gasteiger partial charge in [-0.3, -0.25) is 4.98 Å². The van der Waals surface area contributed by atoms with E-state index in [4.69, 9.17) is 0 Å². The van der Waals surface area contributed by atoms with Crippen LogP contribution in [0, 0.1) is 35.0 Å². The highest BCUT2D eigenvalue weighted by molar-refractivity contribution is 7.89. The predicted molar refractivity (Wildman–Crippen MR) is 114 cm³/mol. The molecule has 0 spiro atoms. The number of rotatable bonds is 3. The van der Waals surface area contributed by atoms with Crippen LogP contribution >= 0.6 is 0 Å². The fraction of sp³-hybridized carbons (Fsp3) is 0.391. The maximum atomic E-state index is 12.1. The van der Waals surface area contributed by atoms with Crippen LogP contribution in [0.15, 0.2) is 48.7 Å². The third-order valence-corrected chi connectivity index (χ3v) is 7.98. The highest BCUT2D eigenvalue weighted by Crippen LogP contribution is 2.42. The van der Waals surface area contributed by atoms with E-state index in [1.165, 1.54) is 0 Å². The highest BCUT2D eigenvalue weighted by Gasteiger charge is 2.47. The molecular weight excluding hydrogens is 382 g/mol. The van der Waals surface area contributed by atoms with Gasteiger partial charge in [-0.2, -0.15) is 5.26 Å². The zero-order valence-corrected chi connectivity index (χ0v) is 17.4. The molecule has 150 valence electrons. The molecule has 4 rings (SSSR count). The summed E-state index contributed by atoms with van der Waals surface area (Å²) < 4.78 is 27.1. The Balaban J connectivity index is 1.56. The number of nitrogens with one attached hydrogen (secondary N) is 1. The van der Waals surface area contributed by atoms with Crippen molar-refractivity contribution < 1.29 is 8.42 Å². The first-order valence-electron chi connectivity index (χ1n) is 10.0. The molecule has 0 unspecified atom stereocenters. The lowest BCUT2D eigenvalue weighted by molar-refractivity contribution is 0.143. The van der Waals surface area contributed by atoms with Crippen LogP contribution in [0.2, 0.25) is 0 Å². The average molecular weight is 408 g/mol. The van der Waals surface area contributed by atoms with E-state index in [-0.39, 0.29) is 23.6 Å². The van der Waals surface area contributed by atoms with Gasteiger partial charge < -0.3 is 0 Å². The van der Waals surface area contributed by atoms with Gasteiger partial charge in [0.15, 0.2) is 0 Å². The molecule has 2 fully saturated rings. The molecule has 5 nitrogen and oxygen atoms in total. The number of benzene rings is 1. The van der Waals surface area contributed by atoms with E-state index in [0.29, 0.717) is 17.4 Å². The normalized spacial score (nSPS) is 30.7. The van der Waals surface area contributed by atoms with Gasteiger partial charge in [0.2, 0.25) is 10.0 Å². The molecule has 1 aliphatic carbocycles. The van der Waals surface area contributed by atoms with Gasteiger partial charge in [-0.05, 0) is 48.3 Å². The number of pyridine rings is 1. The fourth-order valence-electron chi connectivity index (χ4n) is 4.74. The Morgan fingerprint density at radius 1 is 1.21 bits per heavy atom. The molecular formula is C23H25N3O2S. The molecule has 1 aromatic heterocycles. The van der Waals surface area contributed by atoms with Crippen molar-refractivity contribution in [1.29, 1.82) is 5.26 Å². The lowest BCUT2D eigenvalue weighted by Crippen LogP contribution is -2.44. The van der Waals surface area contributed by atoms with Crippen molar-refractivity contribution in [2.45, 2.75) is 26.3 Å². The summed E-state index contributed by atoms with van der Waals surface area (Å²) in [6.45, 7) is 4.42. The van der Waals surface area contributed by atoms with E-state index in [2.05, 4.69) is 35.7 Å². The van der Waals surface area contributed by atoms with Gasteiger partial charge in [-0.25, -0.2) is 13.1 Å². The second-order valence-electron chi connectivity index (χ2n) is 8.32. The Morgan fingerprint density at radius 2 is 2.00 bits per heavy atom. The summed E-state index contributed by atoms with van der Waals surface area (Å²) in [6, 6.07) is 13.6. The van der Waals surface area contributed by atoms with Crippen molar-refractivity contribution >= 4 is 16.1 Å². The summed E-state index contributed by atoms with van der Waals surface area (Å²) in [4.78, 5) is 4.54.